The second kappa shape index (κ2) is 7.48. The molecule has 0 bridgehead atoms. The average molecular weight is 333 g/mol. The van der Waals surface area contributed by atoms with Gasteiger partial charge in [0, 0.05) is 17.3 Å². The number of hydrogen-bond donors (Lipinski definition) is 2. The third-order valence-electron chi connectivity index (χ3n) is 3.38. The smallest absolute Gasteiger partial charge is 0.195 e. The van der Waals surface area contributed by atoms with Crippen molar-refractivity contribution >= 4 is 34.5 Å². The van der Waals surface area contributed by atoms with Crippen molar-refractivity contribution in [3.63, 3.8) is 0 Å². The van der Waals surface area contributed by atoms with Gasteiger partial charge in [-0.1, -0.05) is 42.5 Å². The topological polar surface area (TPSA) is 54.0 Å². The number of hydrogen-bond acceptors (Lipinski definition) is 3. The normalized spacial score (nSPS) is 10.0. The standard InChI is InChI=1S/C19H15N3OS/c23-18(14-7-2-1-3-8-14)16-10-4-5-11-17(16)22-19(24)21-15-9-6-12-20-13-15/h1-13H,(H2,21,22,24). The van der Waals surface area contributed by atoms with Crippen molar-refractivity contribution in [3.8, 4) is 0 Å². The maximum atomic E-state index is 12.7. The number of nitrogens with one attached hydrogen (secondary N) is 2. The number of aromatic nitrogens is 1. The van der Waals surface area contributed by atoms with Gasteiger partial charge in [-0.2, -0.15) is 0 Å². The molecule has 2 N–H and O–H groups in total. The van der Waals surface area contributed by atoms with Crippen LogP contribution in [0.5, 0.6) is 0 Å². The van der Waals surface area contributed by atoms with Gasteiger partial charge in [0.2, 0.25) is 0 Å². The van der Waals surface area contributed by atoms with Crippen LogP contribution in [0.15, 0.2) is 79.1 Å². The first-order valence-electron chi connectivity index (χ1n) is 7.41. The Balaban J connectivity index is 1.79. The molecule has 0 fully saturated rings. The predicted molar refractivity (Wildman–Crippen MR) is 100 cm³/mol. The van der Waals surface area contributed by atoms with Crippen molar-refractivity contribution in [3.05, 3.63) is 90.3 Å². The van der Waals surface area contributed by atoms with Crippen LogP contribution in [-0.2, 0) is 0 Å². The molecular weight excluding hydrogens is 318 g/mol. The molecule has 0 spiro atoms. The van der Waals surface area contributed by atoms with Gasteiger partial charge in [-0.3, -0.25) is 9.78 Å². The lowest BCUT2D eigenvalue weighted by Crippen LogP contribution is -2.20. The number of benzene rings is 2. The summed E-state index contributed by atoms with van der Waals surface area (Å²) in [6.07, 6.45) is 3.37. The molecule has 4 nitrogen and oxygen atoms in total. The molecule has 3 aromatic rings. The number of nitrogens with zero attached hydrogens (tertiary/aromatic N) is 1. The number of pyridine rings is 1. The lowest BCUT2D eigenvalue weighted by Gasteiger charge is -2.13. The summed E-state index contributed by atoms with van der Waals surface area (Å²) in [4.78, 5) is 16.7. The van der Waals surface area contributed by atoms with E-state index in [4.69, 9.17) is 12.2 Å². The van der Waals surface area contributed by atoms with Crippen LogP contribution in [0.2, 0.25) is 0 Å². The fourth-order valence-corrected chi connectivity index (χ4v) is 2.48. The molecule has 0 aliphatic carbocycles. The summed E-state index contributed by atoms with van der Waals surface area (Å²) in [5.74, 6) is -0.0529. The van der Waals surface area contributed by atoms with Gasteiger partial charge in [0.25, 0.3) is 0 Å². The minimum atomic E-state index is -0.0529. The maximum Gasteiger partial charge on any atom is 0.195 e. The monoisotopic (exact) mass is 333 g/mol. The first-order chi connectivity index (χ1) is 11.7. The van der Waals surface area contributed by atoms with Crippen molar-refractivity contribution < 1.29 is 4.79 Å². The van der Waals surface area contributed by atoms with Gasteiger partial charge in [0.1, 0.15) is 0 Å². The van der Waals surface area contributed by atoms with Gasteiger partial charge in [-0.25, -0.2) is 0 Å². The van der Waals surface area contributed by atoms with E-state index in [0.29, 0.717) is 21.9 Å². The van der Waals surface area contributed by atoms with Crippen molar-refractivity contribution in [1.29, 1.82) is 0 Å². The highest BCUT2D eigenvalue weighted by Gasteiger charge is 2.13. The third kappa shape index (κ3) is 3.83. The van der Waals surface area contributed by atoms with E-state index in [9.17, 15) is 4.79 Å². The van der Waals surface area contributed by atoms with Crippen LogP contribution in [0, 0.1) is 0 Å². The van der Waals surface area contributed by atoms with Crippen LogP contribution in [0.25, 0.3) is 0 Å². The van der Waals surface area contributed by atoms with E-state index in [1.807, 2.05) is 48.5 Å². The van der Waals surface area contributed by atoms with Gasteiger partial charge in [0.05, 0.1) is 17.6 Å². The van der Waals surface area contributed by atoms with E-state index >= 15 is 0 Å². The second-order valence-corrected chi connectivity index (χ2v) is 5.47. The minimum absolute atomic E-state index is 0.0529. The Bertz CT molecular complexity index is 851. The maximum absolute atomic E-state index is 12.7. The number of ketones is 1. The van der Waals surface area contributed by atoms with Crippen molar-refractivity contribution in [2.75, 3.05) is 10.6 Å². The zero-order chi connectivity index (χ0) is 16.8. The molecule has 0 saturated heterocycles. The summed E-state index contributed by atoms with van der Waals surface area (Å²) in [5.41, 5.74) is 2.64. The molecule has 24 heavy (non-hydrogen) atoms. The highest BCUT2D eigenvalue weighted by Crippen LogP contribution is 2.19. The molecule has 0 radical (unpaired) electrons. The Morgan fingerprint density at radius 3 is 2.38 bits per heavy atom. The largest absolute Gasteiger partial charge is 0.332 e. The molecule has 1 aromatic heterocycles. The average Bonchev–Trinajstić information content (AvgIpc) is 2.63. The predicted octanol–water partition coefficient (Wildman–Crippen LogP) is 4.12. The summed E-state index contributed by atoms with van der Waals surface area (Å²) in [6.45, 7) is 0. The fraction of sp³-hybridized carbons (Fsp3) is 0. The molecular formula is C19H15N3OS. The van der Waals surface area contributed by atoms with Crippen molar-refractivity contribution in [2.24, 2.45) is 0 Å². The molecule has 1 heterocycles. The number of carbonyl (C=O) groups is 1. The van der Waals surface area contributed by atoms with Gasteiger partial charge in [0.15, 0.2) is 10.9 Å². The van der Waals surface area contributed by atoms with E-state index in [0.717, 1.165) is 5.69 Å². The highest BCUT2D eigenvalue weighted by molar-refractivity contribution is 7.80. The SMILES string of the molecule is O=C(c1ccccc1)c1ccccc1NC(=S)Nc1cccnc1. The van der Waals surface area contributed by atoms with Gasteiger partial charge in [-0.15, -0.1) is 0 Å². The van der Waals surface area contributed by atoms with Crippen LogP contribution in [0.3, 0.4) is 0 Å². The molecule has 5 heteroatoms. The number of carbonyl (C=O) groups excluding carboxylic acids is 1. The summed E-state index contributed by atoms with van der Waals surface area (Å²) >= 11 is 5.32. The third-order valence-corrected chi connectivity index (χ3v) is 3.58. The fourth-order valence-electron chi connectivity index (χ4n) is 2.26. The van der Waals surface area contributed by atoms with E-state index in [2.05, 4.69) is 15.6 Å². The van der Waals surface area contributed by atoms with Gasteiger partial charge in [-0.05, 0) is 36.5 Å². The summed E-state index contributed by atoms with van der Waals surface area (Å²) in [6, 6.07) is 20.1. The molecule has 0 aliphatic heterocycles. The van der Waals surface area contributed by atoms with Crippen LogP contribution in [0.1, 0.15) is 15.9 Å². The van der Waals surface area contributed by atoms with Gasteiger partial charge < -0.3 is 10.6 Å². The molecule has 0 aliphatic rings. The van der Waals surface area contributed by atoms with E-state index in [1.54, 1.807) is 30.6 Å². The first-order valence-corrected chi connectivity index (χ1v) is 7.81. The lowest BCUT2D eigenvalue weighted by molar-refractivity contribution is 0.103. The Hall–Kier alpha value is -3.05. The molecule has 0 saturated carbocycles. The quantitative estimate of drug-likeness (QED) is 0.555. The molecule has 118 valence electrons. The zero-order valence-electron chi connectivity index (χ0n) is 12.8. The number of rotatable bonds is 4. The molecule has 3 rings (SSSR count). The number of anilines is 2. The Morgan fingerprint density at radius 2 is 1.62 bits per heavy atom. The number of thiocarbonyl (C=S) groups is 1. The highest BCUT2D eigenvalue weighted by atomic mass is 32.1. The Kier molecular flexibility index (Phi) is 4.93. The molecule has 0 amide bonds. The summed E-state index contributed by atoms with van der Waals surface area (Å²) in [5, 5.41) is 6.52. The minimum Gasteiger partial charge on any atom is -0.332 e. The van der Waals surface area contributed by atoms with Crippen LogP contribution < -0.4 is 10.6 Å². The summed E-state index contributed by atoms with van der Waals surface area (Å²) < 4.78 is 0. The van der Waals surface area contributed by atoms with Crippen molar-refractivity contribution in [2.45, 2.75) is 0 Å². The second-order valence-electron chi connectivity index (χ2n) is 5.06. The van der Waals surface area contributed by atoms with Gasteiger partial charge >= 0.3 is 0 Å². The molecule has 0 unspecified atom stereocenters. The number of para-hydroxylation sites is 1. The first kappa shape index (κ1) is 15.8. The van der Waals surface area contributed by atoms with Crippen molar-refractivity contribution in [1.82, 2.24) is 4.98 Å². The van der Waals surface area contributed by atoms with E-state index < -0.39 is 0 Å². The van der Waals surface area contributed by atoms with Crippen LogP contribution in [-0.4, -0.2) is 15.9 Å². The van der Waals surface area contributed by atoms with E-state index in [-0.39, 0.29) is 5.78 Å². The molecule has 0 atom stereocenters. The Labute approximate surface area is 145 Å². The summed E-state index contributed by atoms with van der Waals surface area (Å²) in [7, 11) is 0. The Morgan fingerprint density at radius 1 is 0.875 bits per heavy atom. The van der Waals surface area contributed by atoms with Crippen LogP contribution >= 0.6 is 12.2 Å². The van der Waals surface area contributed by atoms with E-state index in [1.165, 1.54) is 0 Å². The zero-order valence-corrected chi connectivity index (χ0v) is 13.6. The van der Waals surface area contributed by atoms with Crippen LogP contribution in [0.4, 0.5) is 11.4 Å². The lowest BCUT2D eigenvalue weighted by atomic mass is 10.0. The molecule has 2 aromatic carbocycles.